The van der Waals surface area contributed by atoms with Gasteiger partial charge in [0.05, 0.1) is 0 Å². The smallest absolute Gasteiger partial charge is 0.0749 e. The van der Waals surface area contributed by atoms with Crippen LogP contribution in [0.4, 0.5) is 0 Å². The Morgan fingerprint density at radius 3 is 1.47 bits per heavy atom. The van der Waals surface area contributed by atoms with Crippen molar-refractivity contribution in [3.8, 4) is 0 Å². The zero-order valence-corrected chi connectivity index (χ0v) is 12.9. The number of unbranched alkanes of at least 4 members (excludes halogenated alkanes) is 4. The van der Waals surface area contributed by atoms with E-state index in [1.165, 1.54) is 71.3 Å². The summed E-state index contributed by atoms with van der Waals surface area (Å²) in [5.74, 6) is 1.92. The van der Waals surface area contributed by atoms with Gasteiger partial charge in [0.15, 0.2) is 0 Å². The van der Waals surface area contributed by atoms with Crippen LogP contribution in [0.5, 0.6) is 0 Å². The van der Waals surface area contributed by atoms with E-state index in [9.17, 15) is 0 Å². The molecular formula is C16H35B. The van der Waals surface area contributed by atoms with Crippen molar-refractivity contribution in [2.24, 2.45) is 11.8 Å². The fourth-order valence-electron chi connectivity index (χ4n) is 2.59. The molecule has 1 heteroatoms. The van der Waals surface area contributed by atoms with E-state index in [0.717, 1.165) is 11.8 Å². The number of hydrogen-bond acceptors (Lipinski definition) is 0. The summed E-state index contributed by atoms with van der Waals surface area (Å²) in [6, 6.07) is 0. The molecule has 0 spiro atoms. The van der Waals surface area contributed by atoms with Crippen LogP contribution in [-0.2, 0) is 0 Å². The second-order valence-corrected chi connectivity index (χ2v) is 6.13. The Morgan fingerprint density at radius 1 is 0.706 bits per heavy atom. The normalized spacial score (nSPS) is 14.6. The van der Waals surface area contributed by atoms with Gasteiger partial charge in [-0.3, -0.25) is 0 Å². The van der Waals surface area contributed by atoms with Gasteiger partial charge >= 0.3 is 0 Å². The molecule has 0 aromatic carbocycles. The first kappa shape index (κ1) is 17.1. The number of hydrogen-bond donors (Lipinski definition) is 0. The Kier molecular flexibility index (Phi) is 12.6. The first-order chi connectivity index (χ1) is 8.20. The van der Waals surface area contributed by atoms with E-state index in [-0.39, 0.29) is 0 Å². The van der Waals surface area contributed by atoms with Crippen molar-refractivity contribution in [3.63, 3.8) is 0 Å². The van der Waals surface area contributed by atoms with E-state index >= 15 is 0 Å². The van der Waals surface area contributed by atoms with Crippen molar-refractivity contribution in [1.29, 1.82) is 0 Å². The molecule has 0 bridgehead atoms. The second-order valence-electron chi connectivity index (χ2n) is 6.13. The highest BCUT2D eigenvalue weighted by atomic mass is 14.0. The average Bonchev–Trinajstić information content (AvgIpc) is 2.30. The summed E-state index contributed by atoms with van der Waals surface area (Å²) in [5, 5.41) is 0. The molecular weight excluding hydrogens is 203 g/mol. The molecule has 0 aliphatic rings. The molecule has 0 saturated heterocycles. The molecule has 0 saturated carbocycles. The van der Waals surface area contributed by atoms with Crippen molar-refractivity contribution in [3.05, 3.63) is 0 Å². The van der Waals surface area contributed by atoms with E-state index in [1.54, 1.807) is 0 Å². The van der Waals surface area contributed by atoms with Gasteiger partial charge in [-0.25, -0.2) is 0 Å². The lowest BCUT2D eigenvalue weighted by atomic mass is 9.63. The third-order valence-electron chi connectivity index (χ3n) is 3.99. The molecule has 0 aromatic heterocycles. The molecule has 0 aliphatic heterocycles. The maximum atomic E-state index is 2.44. The lowest BCUT2D eigenvalue weighted by molar-refractivity contribution is 0.518. The van der Waals surface area contributed by atoms with Gasteiger partial charge in [0.2, 0.25) is 0 Å². The summed E-state index contributed by atoms with van der Waals surface area (Å²) < 4.78 is 0. The summed E-state index contributed by atoms with van der Waals surface area (Å²) in [5.41, 5.74) is 0. The molecule has 0 nitrogen and oxygen atoms in total. The minimum atomic E-state index is 0.962. The van der Waals surface area contributed by atoms with Gasteiger partial charge in [0.1, 0.15) is 7.28 Å². The van der Waals surface area contributed by atoms with Gasteiger partial charge in [-0.15, -0.1) is 0 Å². The molecule has 0 rings (SSSR count). The summed E-state index contributed by atoms with van der Waals surface area (Å²) in [7, 11) is 1.46. The molecule has 0 N–H and O–H groups in total. The largest absolute Gasteiger partial charge is 0.121 e. The first-order valence-corrected chi connectivity index (χ1v) is 8.20. The van der Waals surface area contributed by atoms with E-state index in [0.29, 0.717) is 0 Å². The van der Waals surface area contributed by atoms with Crippen LogP contribution in [0.25, 0.3) is 0 Å². The van der Waals surface area contributed by atoms with Gasteiger partial charge in [-0.05, 0) is 0 Å². The third kappa shape index (κ3) is 12.3. The SMILES string of the molecule is CCCCCC(C)CBCC(C)CCCCC. The molecule has 0 fully saturated rings. The average molecular weight is 238 g/mol. The maximum Gasteiger partial charge on any atom is 0.121 e. The predicted molar refractivity (Wildman–Crippen MR) is 83.4 cm³/mol. The van der Waals surface area contributed by atoms with E-state index in [2.05, 4.69) is 27.7 Å². The second kappa shape index (κ2) is 12.5. The minimum Gasteiger partial charge on any atom is -0.0749 e. The van der Waals surface area contributed by atoms with Gasteiger partial charge in [-0.2, -0.15) is 0 Å². The molecule has 2 unspecified atom stereocenters. The minimum absolute atomic E-state index is 0.962. The fraction of sp³-hybridized carbons (Fsp3) is 1.00. The van der Waals surface area contributed by atoms with Crippen molar-refractivity contribution < 1.29 is 0 Å². The van der Waals surface area contributed by atoms with Crippen LogP contribution < -0.4 is 0 Å². The fourth-order valence-corrected chi connectivity index (χ4v) is 2.59. The summed E-state index contributed by atoms with van der Waals surface area (Å²) in [4.78, 5) is 0. The van der Waals surface area contributed by atoms with E-state index in [4.69, 9.17) is 0 Å². The monoisotopic (exact) mass is 238 g/mol. The van der Waals surface area contributed by atoms with Crippen molar-refractivity contribution in [2.75, 3.05) is 0 Å². The third-order valence-corrected chi connectivity index (χ3v) is 3.99. The van der Waals surface area contributed by atoms with Crippen LogP contribution in [0.3, 0.4) is 0 Å². The van der Waals surface area contributed by atoms with Gasteiger partial charge < -0.3 is 0 Å². The van der Waals surface area contributed by atoms with Crippen molar-refractivity contribution in [1.82, 2.24) is 0 Å². The molecule has 0 aliphatic carbocycles. The quantitative estimate of drug-likeness (QED) is 0.302. The van der Waals surface area contributed by atoms with Crippen LogP contribution in [0.2, 0.25) is 12.6 Å². The lowest BCUT2D eigenvalue weighted by Crippen LogP contribution is -2.04. The molecule has 0 aromatic rings. The van der Waals surface area contributed by atoms with Crippen LogP contribution in [-0.4, -0.2) is 7.28 Å². The Morgan fingerprint density at radius 2 is 1.12 bits per heavy atom. The Balaban J connectivity index is 3.29. The molecule has 0 amide bonds. The summed E-state index contributed by atoms with van der Waals surface area (Å²) in [6.45, 7) is 9.47. The maximum absolute atomic E-state index is 2.44. The molecule has 2 atom stereocenters. The topological polar surface area (TPSA) is 0 Å². The van der Waals surface area contributed by atoms with Crippen molar-refractivity contribution >= 4 is 7.28 Å². The molecule has 0 radical (unpaired) electrons. The van der Waals surface area contributed by atoms with Gasteiger partial charge in [0.25, 0.3) is 0 Å². The first-order valence-electron chi connectivity index (χ1n) is 8.20. The lowest BCUT2D eigenvalue weighted by Gasteiger charge is -2.13. The van der Waals surface area contributed by atoms with Crippen LogP contribution in [0.15, 0.2) is 0 Å². The van der Waals surface area contributed by atoms with E-state index < -0.39 is 0 Å². The predicted octanol–water partition coefficient (Wildman–Crippen LogP) is 5.69. The van der Waals surface area contributed by atoms with E-state index in [1.807, 2.05) is 0 Å². The molecule has 102 valence electrons. The summed E-state index contributed by atoms with van der Waals surface area (Å²) >= 11 is 0. The Hall–Kier alpha value is 0.0649. The Bertz CT molecular complexity index is 128. The molecule has 0 heterocycles. The van der Waals surface area contributed by atoms with Crippen LogP contribution in [0.1, 0.15) is 79.1 Å². The standard InChI is InChI=1S/C16H35B/c1-5-7-9-11-15(3)13-17-14-16(4)12-10-8-6-2/h15-17H,5-14H2,1-4H3. The van der Waals surface area contributed by atoms with Crippen LogP contribution in [0, 0.1) is 11.8 Å². The number of rotatable bonds is 12. The Labute approximate surface area is 111 Å². The highest BCUT2D eigenvalue weighted by Crippen LogP contribution is 2.17. The highest BCUT2D eigenvalue weighted by Gasteiger charge is 2.06. The van der Waals surface area contributed by atoms with Gasteiger partial charge in [-0.1, -0.05) is 104 Å². The van der Waals surface area contributed by atoms with Crippen molar-refractivity contribution in [2.45, 2.75) is 91.7 Å². The van der Waals surface area contributed by atoms with Gasteiger partial charge in [0, 0.05) is 0 Å². The molecule has 17 heavy (non-hydrogen) atoms. The van der Waals surface area contributed by atoms with Crippen LogP contribution >= 0.6 is 0 Å². The zero-order chi connectivity index (χ0) is 12.9. The summed E-state index contributed by atoms with van der Waals surface area (Å²) in [6.07, 6.45) is 14.3. The zero-order valence-electron chi connectivity index (χ0n) is 12.9. The highest BCUT2D eigenvalue weighted by molar-refractivity contribution is 6.35.